The summed E-state index contributed by atoms with van der Waals surface area (Å²) in [4.78, 5) is 12.5. The molecule has 1 fully saturated rings. The molecule has 0 N–H and O–H groups in total. The topological polar surface area (TPSA) is 26.3 Å². The Hall–Kier alpha value is -1.13. The molecule has 2 aromatic carbocycles. The van der Waals surface area contributed by atoms with Crippen LogP contribution in [-0.4, -0.2) is 5.97 Å². The predicted molar refractivity (Wildman–Crippen MR) is 127 cm³/mol. The Morgan fingerprint density at radius 1 is 1.03 bits per heavy atom. The molecule has 0 radical (unpaired) electrons. The number of hydrogen-bond donors (Lipinski definition) is 0. The van der Waals surface area contributed by atoms with Crippen molar-refractivity contribution >= 4 is 37.8 Å². The van der Waals surface area contributed by atoms with Crippen molar-refractivity contribution in [3.63, 3.8) is 0 Å². The van der Waals surface area contributed by atoms with Crippen LogP contribution in [0.2, 0.25) is 0 Å². The van der Waals surface area contributed by atoms with Crippen LogP contribution < -0.4 is 4.74 Å². The lowest BCUT2D eigenvalue weighted by Gasteiger charge is -2.29. The zero-order valence-electron chi connectivity index (χ0n) is 17.3. The molecule has 0 bridgehead atoms. The average molecular weight is 522 g/mol. The normalized spacial score (nSPS) is 19.2. The van der Waals surface area contributed by atoms with E-state index in [1.807, 2.05) is 25.1 Å². The highest BCUT2D eigenvalue weighted by atomic mass is 79.9. The van der Waals surface area contributed by atoms with Gasteiger partial charge in [0.2, 0.25) is 0 Å². The third-order valence-electron chi connectivity index (χ3n) is 6.00. The maximum absolute atomic E-state index is 12.5. The van der Waals surface area contributed by atoms with Crippen LogP contribution in [0, 0.1) is 12.8 Å². The van der Waals surface area contributed by atoms with Crippen LogP contribution in [0.15, 0.2) is 45.3 Å². The molecule has 0 atom stereocenters. The monoisotopic (exact) mass is 520 g/mol. The van der Waals surface area contributed by atoms with E-state index in [2.05, 4.69) is 50.9 Å². The minimum atomic E-state index is -0.338. The van der Waals surface area contributed by atoms with Gasteiger partial charge in [0.05, 0.1) is 14.5 Å². The Kier molecular flexibility index (Phi) is 8.37. The number of carbonyl (C=O) groups excluding carboxylic acids is 1. The molecule has 2 aromatic rings. The first-order valence-electron chi connectivity index (χ1n) is 10.8. The number of halogens is 2. The summed E-state index contributed by atoms with van der Waals surface area (Å²) >= 11 is 7.25. The van der Waals surface area contributed by atoms with Crippen LogP contribution in [0.25, 0.3) is 0 Å². The van der Waals surface area contributed by atoms with E-state index in [4.69, 9.17) is 4.74 Å². The summed E-state index contributed by atoms with van der Waals surface area (Å²) in [6.45, 7) is 4.24. The van der Waals surface area contributed by atoms with E-state index >= 15 is 0 Å². The summed E-state index contributed by atoms with van der Waals surface area (Å²) in [7, 11) is 0. The van der Waals surface area contributed by atoms with Crippen molar-refractivity contribution in [2.75, 3.05) is 0 Å². The van der Waals surface area contributed by atoms with Gasteiger partial charge in [-0.2, -0.15) is 0 Å². The highest BCUT2D eigenvalue weighted by molar-refractivity contribution is 9.11. The minimum absolute atomic E-state index is 0.338. The lowest BCUT2D eigenvalue weighted by molar-refractivity contribution is 0.0732. The Morgan fingerprint density at radius 2 is 1.72 bits per heavy atom. The maximum Gasteiger partial charge on any atom is 0.343 e. The Labute approximate surface area is 191 Å². The van der Waals surface area contributed by atoms with Gasteiger partial charge in [-0.25, -0.2) is 4.79 Å². The van der Waals surface area contributed by atoms with Crippen LogP contribution in [-0.2, 0) is 0 Å². The molecule has 0 saturated heterocycles. The third kappa shape index (κ3) is 6.18. The second-order valence-electron chi connectivity index (χ2n) is 8.29. The van der Waals surface area contributed by atoms with Gasteiger partial charge in [0, 0.05) is 0 Å². The van der Waals surface area contributed by atoms with Gasteiger partial charge in [-0.05, 0) is 106 Å². The predicted octanol–water partition coefficient (Wildman–Crippen LogP) is 8.59. The number of ether oxygens (including phenoxy) is 1. The fraction of sp³-hybridized carbons (Fsp3) is 0.480. The van der Waals surface area contributed by atoms with E-state index < -0.39 is 0 Å². The molecule has 2 nitrogen and oxygen atoms in total. The number of aryl methyl sites for hydroxylation is 1. The SMILES string of the molecule is CCCCCC1CCC(c2cc(Br)c(OC(=O)c3cccc(C)c3)c(Br)c2)CC1. The molecule has 0 heterocycles. The Bertz CT molecular complexity index is 815. The average Bonchev–Trinajstić information content (AvgIpc) is 2.71. The van der Waals surface area contributed by atoms with E-state index in [-0.39, 0.29) is 5.97 Å². The molecule has 156 valence electrons. The molecule has 29 heavy (non-hydrogen) atoms. The zero-order chi connectivity index (χ0) is 20.8. The van der Waals surface area contributed by atoms with Crippen LogP contribution in [0.5, 0.6) is 5.75 Å². The van der Waals surface area contributed by atoms with E-state index in [0.29, 0.717) is 17.2 Å². The summed E-state index contributed by atoms with van der Waals surface area (Å²) in [6, 6.07) is 11.7. The van der Waals surface area contributed by atoms with Crippen molar-refractivity contribution in [3.8, 4) is 5.75 Å². The van der Waals surface area contributed by atoms with Crippen molar-refractivity contribution in [2.24, 2.45) is 5.92 Å². The number of rotatable bonds is 7. The summed E-state index contributed by atoms with van der Waals surface area (Å²) in [5, 5.41) is 0. The molecule has 1 aliphatic carbocycles. The molecular weight excluding hydrogens is 492 g/mol. The quantitative estimate of drug-likeness (QED) is 0.207. The summed E-state index contributed by atoms with van der Waals surface area (Å²) in [5.41, 5.74) is 2.93. The smallest absolute Gasteiger partial charge is 0.343 e. The van der Waals surface area contributed by atoms with E-state index in [0.717, 1.165) is 20.4 Å². The third-order valence-corrected chi connectivity index (χ3v) is 7.18. The van der Waals surface area contributed by atoms with Gasteiger partial charge in [-0.3, -0.25) is 0 Å². The summed E-state index contributed by atoms with van der Waals surface area (Å²) in [6.07, 6.45) is 10.6. The highest BCUT2D eigenvalue weighted by Crippen LogP contribution is 2.42. The van der Waals surface area contributed by atoms with Crippen molar-refractivity contribution in [1.82, 2.24) is 0 Å². The molecule has 1 aliphatic rings. The fourth-order valence-corrected chi connectivity index (χ4v) is 5.69. The van der Waals surface area contributed by atoms with Gasteiger partial charge in [-0.15, -0.1) is 0 Å². The van der Waals surface area contributed by atoms with E-state index in [9.17, 15) is 4.79 Å². The first-order valence-corrected chi connectivity index (χ1v) is 12.3. The molecule has 0 spiro atoms. The summed E-state index contributed by atoms with van der Waals surface area (Å²) in [5.74, 6) is 1.70. The van der Waals surface area contributed by atoms with Gasteiger partial charge in [0.15, 0.2) is 5.75 Å². The lowest BCUT2D eigenvalue weighted by Crippen LogP contribution is -2.14. The molecule has 3 rings (SSSR count). The van der Waals surface area contributed by atoms with Crippen molar-refractivity contribution < 1.29 is 9.53 Å². The number of benzene rings is 2. The standard InChI is InChI=1S/C25H30Br2O2/c1-3-4-5-8-18-10-12-19(13-11-18)21-15-22(26)24(23(27)16-21)29-25(28)20-9-6-7-17(2)14-20/h6-7,9,14-16,18-19H,3-5,8,10-13H2,1-2H3. The fourth-order valence-electron chi connectivity index (χ4n) is 4.30. The van der Waals surface area contributed by atoms with E-state index in [1.54, 1.807) is 6.07 Å². The van der Waals surface area contributed by atoms with E-state index in [1.165, 1.54) is 56.9 Å². The molecule has 1 saturated carbocycles. The first-order chi connectivity index (χ1) is 14.0. The highest BCUT2D eigenvalue weighted by Gasteiger charge is 2.24. The van der Waals surface area contributed by atoms with Crippen molar-refractivity contribution in [1.29, 1.82) is 0 Å². The van der Waals surface area contributed by atoms with Crippen molar-refractivity contribution in [3.05, 3.63) is 62.0 Å². The Morgan fingerprint density at radius 3 is 2.34 bits per heavy atom. The molecule has 4 heteroatoms. The van der Waals surface area contributed by atoms with Crippen LogP contribution in [0.1, 0.15) is 85.7 Å². The number of hydrogen-bond acceptors (Lipinski definition) is 2. The van der Waals surface area contributed by atoms with Gasteiger partial charge in [0.25, 0.3) is 0 Å². The second kappa shape index (κ2) is 10.8. The van der Waals surface area contributed by atoms with Crippen molar-refractivity contribution in [2.45, 2.75) is 71.1 Å². The van der Waals surface area contributed by atoms with Gasteiger partial charge < -0.3 is 4.74 Å². The number of unbranched alkanes of at least 4 members (excludes halogenated alkanes) is 2. The molecular formula is C25H30Br2O2. The number of esters is 1. The lowest BCUT2D eigenvalue weighted by atomic mass is 9.77. The van der Waals surface area contributed by atoms with Gasteiger partial charge in [-0.1, -0.05) is 50.3 Å². The Balaban J connectivity index is 1.64. The van der Waals surface area contributed by atoms with Crippen LogP contribution in [0.4, 0.5) is 0 Å². The summed E-state index contributed by atoms with van der Waals surface area (Å²) < 4.78 is 7.35. The molecule has 0 unspecified atom stereocenters. The largest absolute Gasteiger partial charge is 0.421 e. The van der Waals surface area contributed by atoms with Crippen LogP contribution in [0.3, 0.4) is 0 Å². The van der Waals surface area contributed by atoms with Crippen LogP contribution >= 0.6 is 31.9 Å². The van der Waals surface area contributed by atoms with Gasteiger partial charge in [0.1, 0.15) is 0 Å². The minimum Gasteiger partial charge on any atom is -0.421 e. The van der Waals surface area contributed by atoms with Gasteiger partial charge >= 0.3 is 5.97 Å². The molecule has 0 aliphatic heterocycles. The second-order valence-corrected chi connectivity index (χ2v) is 9.99. The number of carbonyl (C=O) groups is 1. The molecule has 0 amide bonds. The maximum atomic E-state index is 12.5. The molecule has 0 aromatic heterocycles. The first kappa shape index (κ1) is 22.6. The zero-order valence-corrected chi connectivity index (χ0v) is 20.5.